The summed E-state index contributed by atoms with van der Waals surface area (Å²) in [5.74, 6) is 0.0900. The molecule has 4 rings (SSSR count). The summed E-state index contributed by atoms with van der Waals surface area (Å²) in [5.41, 5.74) is -1.50. The molecular formula is C28H34F3N5O7. The van der Waals surface area contributed by atoms with Gasteiger partial charge in [0, 0.05) is 54.7 Å². The Bertz CT molecular complexity index is 1310. The van der Waals surface area contributed by atoms with Crippen molar-refractivity contribution in [2.75, 3.05) is 36.9 Å². The number of nitro benzene ring substituents is 2. The van der Waals surface area contributed by atoms with E-state index in [1.165, 1.54) is 12.1 Å². The lowest BCUT2D eigenvalue weighted by molar-refractivity contribution is -0.388. The fourth-order valence-corrected chi connectivity index (χ4v) is 5.44. The molecule has 0 bridgehead atoms. The average molecular weight is 610 g/mol. The van der Waals surface area contributed by atoms with Crippen molar-refractivity contribution in [3.63, 3.8) is 0 Å². The number of benzene rings is 2. The molecule has 0 spiro atoms. The van der Waals surface area contributed by atoms with E-state index in [2.05, 4.69) is 10.6 Å². The van der Waals surface area contributed by atoms with E-state index in [0.29, 0.717) is 63.9 Å². The molecule has 2 aliphatic rings. The monoisotopic (exact) mass is 609 g/mol. The first-order valence-electron chi connectivity index (χ1n) is 14.1. The van der Waals surface area contributed by atoms with Crippen LogP contribution in [0.3, 0.4) is 0 Å². The summed E-state index contributed by atoms with van der Waals surface area (Å²) < 4.78 is 51.1. The molecule has 1 aliphatic heterocycles. The fourth-order valence-electron chi connectivity index (χ4n) is 5.44. The zero-order valence-corrected chi connectivity index (χ0v) is 23.6. The summed E-state index contributed by atoms with van der Waals surface area (Å²) in [6.45, 7) is 3.08. The van der Waals surface area contributed by atoms with Gasteiger partial charge in [-0.3, -0.25) is 25.0 Å². The van der Waals surface area contributed by atoms with E-state index in [0.717, 1.165) is 12.1 Å². The largest absolute Gasteiger partial charge is 0.487 e. The highest BCUT2D eigenvalue weighted by atomic mass is 19.4. The molecule has 0 unspecified atom stereocenters. The number of hydrogen-bond acceptors (Lipinski definition) is 9. The Morgan fingerprint density at radius 3 is 2.02 bits per heavy atom. The Kier molecular flexibility index (Phi) is 10.3. The Balaban J connectivity index is 1.18. The van der Waals surface area contributed by atoms with Gasteiger partial charge >= 0.3 is 11.9 Å². The number of carbonyl (C=O) groups excluding carboxylic acids is 1. The minimum atomic E-state index is -4.84. The van der Waals surface area contributed by atoms with Crippen LogP contribution in [0.4, 0.5) is 35.9 Å². The Hall–Kier alpha value is -4.14. The maximum atomic E-state index is 13.3. The first-order chi connectivity index (χ1) is 20.4. The molecule has 1 aliphatic carbocycles. The average Bonchev–Trinajstić information content (AvgIpc) is 2.96. The number of anilines is 2. The number of amides is 1. The van der Waals surface area contributed by atoms with Crippen molar-refractivity contribution in [1.29, 1.82) is 0 Å². The van der Waals surface area contributed by atoms with Crippen LogP contribution >= 0.6 is 0 Å². The summed E-state index contributed by atoms with van der Waals surface area (Å²) in [6.07, 6.45) is -1.13. The number of nitrogens with zero attached hydrogens (tertiary/aromatic N) is 3. The van der Waals surface area contributed by atoms with Gasteiger partial charge in [-0.25, -0.2) is 0 Å². The number of nitro groups is 2. The van der Waals surface area contributed by atoms with Crippen molar-refractivity contribution < 1.29 is 37.3 Å². The maximum Gasteiger partial charge on any atom is 0.423 e. The normalized spacial score (nSPS) is 19.5. The minimum absolute atomic E-state index is 0.0573. The van der Waals surface area contributed by atoms with E-state index < -0.39 is 27.3 Å². The third-order valence-corrected chi connectivity index (χ3v) is 7.66. The number of piperidine rings is 1. The van der Waals surface area contributed by atoms with Crippen LogP contribution in [0.25, 0.3) is 0 Å². The summed E-state index contributed by atoms with van der Waals surface area (Å²) in [4.78, 5) is 35.2. The van der Waals surface area contributed by atoms with Crippen LogP contribution in [-0.2, 0) is 15.7 Å². The van der Waals surface area contributed by atoms with Gasteiger partial charge in [0.1, 0.15) is 12.2 Å². The molecule has 1 saturated carbocycles. The number of halogens is 3. The van der Waals surface area contributed by atoms with Crippen LogP contribution in [0, 0.1) is 20.2 Å². The Labute approximate surface area is 245 Å². The zero-order chi connectivity index (χ0) is 31.1. The summed E-state index contributed by atoms with van der Waals surface area (Å²) in [7, 11) is 0. The second kappa shape index (κ2) is 13.9. The van der Waals surface area contributed by atoms with Gasteiger partial charge in [-0.1, -0.05) is 0 Å². The number of carbonyl (C=O) groups is 1. The van der Waals surface area contributed by atoms with Crippen LogP contribution < -0.4 is 15.4 Å². The lowest BCUT2D eigenvalue weighted by Crippen LogP contribution is -2.44. The molecule has 12 nitrogen and oxygen atoms in total. The Morgan fingerprint density at radius 1 is 0.907 bits per heavy atom. The lowest BCUT2D eigenvalue weighted by Gasteiger charge is -2.34. The third-order valence-electron chi connectivity index (χ3n) is 7.66. The summed E-state index contributed by atoms with van der Waals surface area (Å²) >= 11 is 0. The van der Waals surface area contributed by atoms with Crippen LogP contribution in [0.15, 0.2) is 36.4 Å². The highest BCUT2D eigenvalue weighted by molar-refractivity contribution is 5.77. The number of hydrogen-bond donors (Lipinski definition) is 2. The molecule has 2 fully saturated rings. The second-order valence-corrected chi connectivity index (χ2v) is 10.6. The quantitative estimate of drug-likeness (QED) is 0.239. The predicted octanol–water partition coefficient (Wildman–Crippen LogP) is 5.76. The summed E-state index contributed by atoms with van der Waals surface area (Å²) in [6, 6.07) is 7.53. The van der Waals surface area contributed by atoms with Gasteiger partial charge in [-0.15, -0.1) is 0 Å². The van der Waals surface area contributed by atoms with E-state index in [-0.39, 0.29) is 47.8 Å². The zero-order valence-electron chi connectivity index (χ0n) is 23.6. The second-order valence-electron chi connectivity index (χ2n) is 10.6. The summed E-state index contributed by atoms with van der Waals surface area (Å²) in [5, 5.41) is 28.6. The number of rotatable bonds is 11. The van der Waals surface area contributed by atoms with Crippen LogP contribution in [0.1, 0.15) is 51.0 Å². The van der Waals surface area contributed by atoms with Gasteiger partial charge < -0.3 is 25.0 Å². The SMILES string of the molecule is CCOc1cc(NC2CCN(C(=O)COC3CCC(Nc4ccc([N+](=O)[O-])c(C(F)(F)F)c4)CC3)CC2)ccc1[N+](=O)[O-]. The van der Waals surface area contributed by atoms with Crippen LogP contribution in [0.5, 0.6) is 5.75 Å². The molecule has 1 heterocycles. The van der Waals surface area contributed by atoms with E-state index in [1.54, 1.807) is 24.0 Å². The predicted molar refractivity (Wildman–Crippen MR) is 151 cm³/mol. The smallest absolute Gasteiger partial charge is 0.423 e. The van der Waals surface area contributed by atoms with Crippen molar-refractivity contribution in [2.45, 2.75) is 69.8 Å². The molecular weight excluding hydrogens is 575 g/mol. The first-order valence-corrected chi connectivity index (χ1v) is 14.1. The third kappa shape index (κ3) is 8.46. The highest BCUT2D eigenvalue weighted by Gasteiger charge is 2.38. The molecule has 2 aromatic carbocycles. The van der Waals surface area contributed by atoms with Crippen LogP contribution in [-0.4, -0.2) is 65.1 Å². The van der Waals surface area contributed by atoms with Gasteiger partial charge in [0.2, 0.25) is 5.91 Å². The molecule has 43 heavy (non-hydrogen) atoms. The van der Waals surface area contributed by atoms with Crippen molar-refractivity contribution in [1.82, 2.24) is 4.90 Å². The molecule has 1 saturated heterocycles. The molecule has 234 valence electrons. The maximum absolute atomic E-state index is 13.3. The van der Waals surface area contributed by atoms with Crippen molar-refractivity contribution in [2.24, 2.45) is 0 Å². The number of ether oxygens (including phenoxy) is 2. The van der Waals surface area contributed by atoms with Crippen LogP contribution in [0.2, 0.25) is 0 Å². The Morgan fingerprint density at radius 2 is 1.47 bits per heavy atom. The molecule has 1 amide bonds. The molecule has 0 aromatic heterocycles. The van der Waals surface area contributed by atoms with Crippen molar-refractivity contribution in [3.05, 3.63) is 62.2 Å². The van der Waals surface area contributed by atoms with Crippen molar-refractivity contribution >= 4 is 28.7 Å². The molecule has 15 heteroatoms. The van der Waals surface area contributed by atoms with Gasteiger partial charge in [0.15, 0.2) is 5.75 Å². The molecule has 2 N–H and O–H groups in total. The van der Waals surface area contributed by atoms with Gasteiger partial charge in [-0.2, -0.15) is 13.2 Å². The topological polar surface area (TPSA) is 149 Å². The fraction of sp³-hybridized carbons (Fsp3) is 0.536. The van der Waals surface area contributed by atoms with E-state index in [9.17, 15) is 38.2 Å². The van der Waals surface area contributed by atoms with Gasteiger partial charge in [0.05, 0.1) is 22.6 Å². The standard InChI is InChI=1S/C28H34F3N5O7/c1-2-42-26-16-21(6-10-25(26)36(40)41)33-19-11-13-34(14-12-19)27(37)17-43-22-7-3-18(4-8-22)32-20-5-9-24(35(38)39)23(15-20)28(29,30)31/h5-6,9-10,15-16,18-19,22,32-33H,2-4,7-8,11-14,17H2,1H3. The lowest BCUT2D eigenvalue weighted by atomic mass is 9.92. The molecule has 2 aromatic rings. The van der Waals surface area contributed by atoms with E-state index in [1.807, 2.05) is 0 Å². The van der Waals surface area contributed by atoms with Crippen molar-refractivity contribution in [3.8, 4) is 5.75 Å². The first kappa shape index (κ1) is 31.8. The van der Waals surface area contributed by atoms with Gasteiger partial charge in [0.25, 0.3) is 5.69 Å². The number of likely N-dealkylation sites (tertiary alicyclic amines) is 1. The molecule has 0 radical (unpaired) electrons. The minimum Gasteiger partial charge on any atom is -0.487 e. The van der Waals surface area contributed by atoms with E-state index >= 15 is 0 Å². The number of alkyl halides is 3. The highest BCUT2D eigenvalue weighted by Crippen LogP contribution is 2.38. The van der Waals surface area contributed by atoms with Gasteiger partial charge in [-0.05, 0) is 63.6 Å². The molecule has 0 atom stereocenters. The van der Waals surface area contributed by atoms with E-state index in [4.69, 9.17) is 9.47 Å². The number of nitrogens with one attached hydrogen (secondary N) is 2.